The van der Waals surface area contributed by atoms with Gasteiger partial charge in [0.1, 0.15) is 4.90 Å². The van der Waals surface area contributed by atoms with E-state index in [9.17, 15) is 8.42 Å². The Morgan fingerprint density at radius 2 is 1.90 bits per heavy atom. The van der Waals surface area contributed by atoms with Crippen LogP contribution in [0.3, 0.4) is 0 Å². The van der Waals surface area contributed by atoms with Crippen molar-refractivity contribution in [1.29, 1.82) is 0 Å². The second-order valence-electron chi connectivity index (χ2n) is 4.19. The number of hydrogen-bond acceptors (Lipinski definition) is 4. The Bertz CT molecular complexity index is 728. The minimum absolute atomic E-state index is 0.0945. The number of rotatable bonds is 5. The van der Waals surface area contributed by atoms with Crippen molar-refractivity contribution in [2.45, 2.75) is 16.7 Å². The lowest BCUT2D eigenvalue weighted by molar-refractivity contribution is 0.601. The fraction of sp³-hybridized carbons (Fsp3) is 0.143. The van der Waals surface area contributed by atoms with Gasteiger partial charge < -0.3 is 5.73 Å². The van der Waals surface area contributed by atoms with Crippen LogP contribution in [0.5, 0.6) is 0 Å². The molecule has 2 rings (SSSR count). The van der Waals surface area contributed by atoms with Gasteiger partial charge in [0.05, 0.1) is 16.4 Å². The Morgan fingerprint density at radius 1 is 1.19 bits per heavy atom. The first-order valence-electron chi connectivity index (χ1n) is 6.24. The van der Waals surface area contributed by atoms with Crippen molar-refractivity contribution in [3.05, 3.63) is 47.5 Å². The molecule has 0 aromatic heterocycles. The Balaban J connectivity index is 2.43. The van der Waals surface area contributed by atoms with E-state index in [0.717, 1.165) is 10.6 Å². The zero-order chi connectivity index (χ0) is 15.5. The number of anilines is 2. The van der Waals surface area contributed by atoms with Crippen molar-refractivity contribution in [2.24, 2.45) is 0 Å². The van der Waals surface area contributed by atoms with E-state index in [1.165, 1.54) is 12.1 Å². The minimum atomic E-state index is -3.84. The molecule has 0 heterocycles. The number of halogens is 1. The van der Waals surface area contributed by atoms with E-state index in [4.69, 9.17) is 17.3 Å². The molecule has 4 nitrogen and oxygen atoms in total. The summed E-state index contributed by atoms with van der Waals surface area (Å²) in [4.78, 5) is 0.761. The van der Waals surface area contributed by atoms with Gasteiger partial charge in [-0.1, -0.05) is 36.7 Å². The summed E-state index contributed by atoms with van der Waals surface area (Å²) in [5, 5.41) is 0.100. The number of nitrogens with two attached hydrogens (primary N) is 1. The predicted octanol–water partition coefficient (Wildman–Crippen LogP) is 3.84. The summed E-state index contributed by atoms with van der Waals surface area (Å²) in [6.45, 7) is 2.00. The van der Waals surface area contributed by atoms with Gasteiger partial charge in [0.2, 0.25) is 0 Å². The molecule has 21 heavy (non-hydrogen) atoms. The molecule has 0 atom stereocenters. The van der Waals surface area contributed by atoms with Gasteiger partial charge in [0.25, 0.3) is 10.0 Å². The van der Waals surface area contributed by atoms with Crippen LogP contribution in [0, 0.1) is 0 Å². The molecular weight excluding hydrogens is 328 g/mol. The zero-order valence-corrected chi connectivity index (χ0v) is 13.7. The molecule has 0 fully saturated rings. The summed E-state index contributed by atoms with van der Waals surface area (Å²) in [6.07, 6.45) is 0. The monoisotopic (exact) mass is 342 g/mol. The van der Waals surface area contributed by atoms with E-state index in [-0.39, 0.29) is 15.6 Å². The quantitative estimate of drug-likeness (QED) is 0.639. The molecule has 7 heteroatoms. The first kappa shape index (κ1) is 16.0. The minimum Gasteiger partial charge on any atom is -0.398 e. The van der Waals surface area contributed by atoms with Crippen LogP contribution in [0.15, 0.2) is 52.3 Å². The summed E-state index contributed by atoms with van der Waals surface area (Å²) in [6, 6.07) is 11.8. The van der Waals surface area contributed by atoms with Crippen molar-refractivity contribution in [2.75, 3.05) is 16.2 Å². The molecule has 0 aliphatic heterocycles. The third-order valence-corrected chi connectivity index (χ3v) is 5.56. The fourth-order valence-electron chi connectivity index (χ4n) is 1.84. The molecule has 0 radical (unpaired) electrons. The zero-order valence-electron chi connectivity index (χ0n) is 11.3. The first-order chi connectivity index (χ1) is 9.95. The van der Waals surface area contributed by atoms with Gasteiger partial charge >= 0.3 is 0 Å². The van der Waals surface area contributed by atoms with E-state index in [2.05, 4.69) is 4.72 Å². The number of nitrogen functional groups attached to an aromatic ring is 1. The maximum absolute atomic E-state index is 12.5. The van der Waals surface area contributed by atoms with Crippen molar-refractivity contribution in [1.82, 2.24) is 0 Å². The SMILES string of the molecule is CCSc1ccccc1NS(=O)(=O)c1c(N)cccc1Cl. The van der Waals surface area contributed by atoms with Crippen LogP contribution in [0.25, 0.3) is 0 Å². The number of hydrogen-bond donors (Lipinski definition) is 2. The largest absolute Gasteiger partial charge is 0.398 e. The Labute approximate surface area is 133 Å². The second-order valence-corrected chi connectivity index (χ2v) is 7.53. The average Bonchev–Trinajstić information content (AvgIpc) is 2.40. The van der Waals surface area contributed by atoms with E-state index >= 15 is 0 Å². The van der Waals surface area contributed by atoms with Crippen molar-refractivity contribution < 1.29 is 8.42 Å². The number of nitrogens with one attached hydrogen (secondary N) is 1. The van der Waals surface area contributed by atoms with Crippen LogP contribution in [-0.4, -0.2) is 14.2 Å². The maximum atomic E-state index is 12.5. The summed E-state index contributed by atoms with van der Waals surface area (Å²) in [5.74, 6) is 0.840. The molecule has 0 spiro atoms. The van der Waals surface area contributed by atoms with Crippen LogP contribution in [0.4, 0.5) is 11.4 Å². The Morgan fingerprint density at radius 3 is 2.57 bits per heavy atom. The molecule has 2 aromatic carbocycles. The lowest BCUT2D eigenvalue weighted by Crippen LogP contribution is -2.15. The number of benzene rings is 2. The van der Waals surface area contributed by atoms with Gasteiger partial charge in [-0.15, -0.1) is 11.8 Å². The van der Waals surface area contributed by atoms with Gasteiger partial charge in [0, 0.05) is 4.90 Å². The highest BCUT2D eigenvalue weighted by Crippen LogP contribution is 2.32. The second kappa shape index (κ2) is 6.60. The molecule has 0 saturated heterocycles. The normalized spacial score (nSPS) is 11.3. The molecule has 0 aliphatic carbocycles. The standard InChI is InChI=1S/C14H15ClN2O2S2/c1-2-20-13-9-4-3-8-12(13)17-21(18,19)14-10(15)6-5-7-11(14)16/h3-9,17H,2,16H2,1H3. The molecule has 3 N–H and O–H groups in total. The number of para-hydroxylation sites is 1. The first-order valence-corrected chi connectivity index (χ1v) is 9.09. The summed E-state index contributed by atoms with van der Waals surface area (Å²) in [5.41, 5.74) is 6.39. The highest BCUT2D eigenvalue weighted by atomic mass is 35.5. The molecule has 112 valence electrons. The maximum Gasteiger partial charge on any atom is 0.265 e. The van der Waals surface area contributed by atoms with E-state index < -0.39 is 10.0 Å². The Hall–Kier alpha value is -1.37. The molecular formula is C14H15ClN2O2S2. The lowest BCUT2D eigenvalue weighted by Gasteiger charge is -2.14. The van der Waals surface area contributed by atoms with Crippen LogP contribution in [-0.2, 0) is 10.0 Å². The summed E-state index contributed by atoms with van der Waals surface area (Å²) >= 11 is 7.53. The highest BCUT2D eigenvalue weighted by molar-refractivity contribution is 7.99. The van der Waals surface area contributed by atoms with E-state index in [1.54, 1.807) is 30.0 Å². The molecule has 0 bridgehead atoms. The van der Waals surface area contributed by atoms with Gasteiger partial charge in [-0.05, 0) is 30.0 Å². The van der Waals surface area contributed by atoms with E-state index in [1.807, 2.05) is 19.1 Å². The van der Waals surface area contributed by atoms with Gasteiger partial charge in [-0.2, -0.15) is 0 Å². The number of sulfonamides is 1. The van der Waals surface area contributed by atoms with Crippen molar-refractivity contribution >= 4 is 44.8 Å². The highest BCUT2D eigenvalue weighted by Gasteiger charge is 2.22. The predicted molar refractivity (Wildman–Crippen MR) is 89.5 cm³/mol. The molecule has 0 saturated carbocycles. The van der Waals surface area contributed by atoms with Crippen LogP contribution >= 0.6 is 23.4 Å². The molecule has 0 unspecified atom stereocenters. The third kappa shape index (κ3) is 3.64. The molecule has 2 aromatic rings. The summed E-state index contributed by atoms with van der Waals surface area (Å²) in [7, 11) is -3.84. The number of thioether (sulfide) groups is 1. The van der Waals surface area contributed by atoms with Gasteiger partial charge in [0.15, 0.2) is 0 Å². The molecule has 0 aliphatic rings. The fourth-order valence-corrected chi connectivity index (χ4v) is 4.42. The van der Waals surface area contributed by atoms with Crippen molar-refractivity contribution in [3.8, 4) is 0 Å². The summed E-state index contributed by atoms with van der Waals surface area (Å²) < 4.78 is 27.6. The van der Waals surface area contributed by atoms with E-state index in [0.29, 0.717) is 5.69 Å². The Kier molecular flexibility index (Phi) is 5.03. The average molecular weight is 343 g/mol. The van der Waals surface area contributed by atoms with Crippen LogP contribution < -0.4 is 10.5 Å². The van der Waals surface area contributed by atoms with Crippen molar-refractivity contribution in [3.63, 3.8) is 0 Å². The third-order valence-electron chi connectivity index (χ3n) is 2.70. The van der Waals surface area contributed by atoms with Gasteiger partial charge in [-0.25, -0.2) is 8.42 Å². The van der Waals surface area contributed by atoms with Gasteiger partial charge in [-0.3, -0.25) is 4.72 Å². The van der Waals surface area contributed by atoms with Crippen LogP contribution in [0.1, 0.15) is 6.92 Å². The molecule has 0 amide bonds. The lowest BCUT2D eigenvalue weighted by atomic mass is 10.3. The van der Waals surface area contributed by atoms with Crippen LogP contribution in [0.2, 0.25) is 5.02 Å². The topological polar surface area (TPSA) is 72.2 Å². The smallest absolute Gasteiger partial charge is 0.265 e.